The molecule has 108 valence electrons. The number of rotatable bonds is 5. The van der Waals surface area contributed by atoms with Crippen molar-refractivity contribution in [1.29, 1.82) is 0 Å². The standard InChI is InChI=1S/C18H17FO2/c19-18-10-9-16(12-17(18)8-4-5-11-20)14-21-13-15-6-2-1-3-7-15/h1-3,6-7,9-10,12,20H,5,11,13-14H2. The van der Waals surface area contributed by atoms with Crippen LogP contribution in [-0.4, -0.2) is 11.7 Å². The highest BCUT2D eigenvalue weighted by molar-refractivity contribution is 5.38. The van der Waals surface area contributed by atoms with Crippen LogP contribution in [0.2, 0.25) is 0 Å². The Hall–Kier alpha value is -2.15. The van der Waals surface area contributed by atoms with E-state index < -0.39 is 0 Å². The summed E-state index contributed by atoms with van der Waals surface area (Å²) in [6, 6.07) is 14.6. The van der Waals surface area contributed by atoms with E-state index in [0.717, 1.165) is 11.1 Å². The van der Waals surface area contributed by atoms with Gasteiger partial charge in [0.25, 0.3) is 0 Å². The smallest absolute Gasteiger partial charge is 0.138 e. The zero-order valence-corrected chi connectivity index (χ0v) is 11.7. The summed E-state index contributed by atoms with van der Waals surface area (Å²) in [6.07, 6.45) is 0.341. The molecule has 0 aliphatic carbocycles. The van der Waals surface area contributed by atoms with Crippen molar-refractivity contribution < 1.29 is 14.2 Å². The van der Waals surface area contributed by atoms with Crippen LogP contribution in [0.25, 0.3) is 0 Å². The third-order valence-corrected chi connectivity index (χ3v) is 2.87. The minimum atomic E-state index is -0.354. The van der Waals surface area contributed by atoms with E-state index in [-0.39, 0.29) is 12.4 Å². The number of aliphatic hydroxyl groups is 1. The maximum atomic E-state index is 13.6. The quantitative estimate of drug-likeness (QED) is 0.854. The lowest BCUT2D eigenvalue weighted by Gasteiger charge is -2.05. The molecular weight excluding hydrogens is 267 g/mol. The van der Waals surface area contributed by atoms with Gasteiger partial charge in [0.2, 0.25) is 0 Å². The van der Waals surface area contributed by atoms with Crippen molar-refractivity contribution in [3.05, 3.63) is 71.0 Å². The molecule has 3 heteroatoms. The molecule has 0 spiro atoms. The predicted molar refractivity (Wildman–Crippen MR) is 79.9 cm³/mol. The summed E-state index contributed by atoms with van der Waals surface area (Å²) in [4.78, 5) is 0. The third kappa shape index (κ3) is 5.03. The van der Waals surface area contributed by atoms with E-state index in [9.17, 15) is 4.39 Å². The first-order valence-electron chi connectivity index (χ1n) is 6.79. The molecule has 0 saturated carbocycles. The van der Waals surface area contributed by atoms with Crippen molar-refractivity contribution in [2.75, 3.05) is 6.61 Å². The second-order valence-electron chi connectivity index (χ2n) is 4.57. The molecule has 0 aliphatic heterocycles. The minimum Gasteiger partial charge on any atom is -0.395 e. The molecule has 0 aliphatic rings. The van der Waals surface area contributed by atoms with Gasteiger partial charge in [-0.2, -0.15) is 0 Å². The SMILES string of the molecule is OCCC#Cc1cc(COCc2ccccc2)ccc1F. The molecule has 0 unspecified atom stereocenters. The van der Waals surface area contributed by atoms with Gasteiger partial charge in [0, 0.05) is 6.42 Å². The number of ether oxygens (including phenoxy) is 1. The van der Waals surface area contributed by atoms with Crippen LogP contribution in [0.15, 0.2) is 48.5 Å². The molecule has 0 fully saturated rings. The lowest BCUT2D eigenvalue weighted by Crippen LogP contribution is -1.95. The first-order chi connectivity index (χ1) is 10.3. The van der Waals surface area contributed by atoms with Gasteiger partial charge in [-0.1, -0.05) is 48.2 Å². The van der Waals surface area contributed by atoms with Gasteiger partial charge < -0.3 is 9.84 Å². The van der Waals surface area contributed by atoms with Gasteiger partial charge in [-0.3, -0.25) is 0 Å². The highest BCUT2D eigenvalue weighted by Gasteiger charge is 2.02. The second-order valence-corrected chi connectivity index (χ2v) is 4.57. The number of hydrogen-bond acceptors (Lipinski definition) is 2. The van der Waals surface area contributed by atoms with Gasteiger partial charge in [0.1, 0.15) is 5.82 Å². The molecule has 0 aromatic heterocycles. The van der Waals surface area contributed by atoms with Crippen LogP contribution in [0.3, 0.4) is 0 Å². The Kier molecular flexibility index (Phi) is 5.96. The van der Waals surface area contributed by atoms with Gasteiger partial charge in [-0.05, 0) is 23.3 Å². The zero-order chi connectivity index (χ0) is 14.9. The first-order valence-corrected chi connectivity index (χ1v) is 6.79. The Morgan fingerprint density at radius 1 is 1.00 bits per heavy atom. The van der Waals surface area contributed by atoms with Gasteiger partial charge in [-0.25, -0.2) is 4.39 Å². The Morgan fingerprint density at radius 2 is 1.76 bits per heavy atom. The molecule has 0 radical (unpaired) electrons. The Morgan fingerprint density at radius 3 is 2.52 bits per heavy atom. The molecule has 2 aromatic rings. The van der Waals surface area contributed by atoms with Gasteiger partial charge in [-0.15, -0.1) is 0 Å². The average molecular weight is 284 g/mol. The fourth-order valence-electron chi connectivity index (χ4n) is 1.83. The highest BCUT2D eigenvalue weighted by Crippen LogP contribution is 2.12. The maximum absolute atomic E-state index is 13.6. The lowest BCUT2D eigenvalue weighted by molar-refractivity contribution is 0.107. The van der Waals surface area contributed by atoms with Gasteiger partial charge in [0.15, 0.2) is 0 Å². The maximum Gasteiger partial charge on any atom is 0.138 e. The molecule has 0 saturated heterocycles. The van der Waals surface area contributed by atoms with E-state index >= 15 is 0 Å². The highest BCUT2D eigenvalue weighted by atomic mass is 19.1. The largest absolute Gasteiger partial charge is 0.395 e. The van der Waals surface area contributed by atoms with Crippen LogP contribution in [0.5, 0.6) is 0 Å². The van der Waals surface area contributed by atoms with Crippen LogP contribution in [0.4, 0.5) is 4.39 Å². The first kappa shape index (κ1) is 15.2. The molecule has 21 heavy (non-hydrogen) atoms. The number of benzene rings is 2. The summed E-state index contributed by atoms with van der Waals surface area (Å²) in [5.74, 6) is 5.09. The zero-order valence-electron chi connectivity index (χ0n) is 11.7. The molecule has 2 aromatic carbocycles. The van der Waals surface area contributed by atoms with Crippen molar-refractivity contribution in [3.63, 3.8) is 0 Å². The molecule has 2 rings (SSSR count). The van der Waals surface area contributed by atoms with Crippen LogP contribution in [-0.2, 0) is 18.0 Å². The van der Waals surface area contributed by atoms with Crippen LogP contribution >= 0.6 is 0 Å². The lowest BCUT2D eigenvalue weighted by atomic mass is 10.1. The van der Waals surface area contributed by atoms with Crippen LogP contribution in [0.1, 0.15) is 23.1 Å². The van der Waals surface area contributed by atoms with E-state index in [4.69, 9.17) is 9.84 Å². The topological polar surface area (TPSA) is 29.5 Å². The fourth-order valence-corrected chi connectivity index (χ4v) is 1.83. The molecule has 0 heterocycles. The Labute approximate surface area is 124 Å². The third-order valence-electron chi connectivity index (χ3n) is 2.87. The van der Waals surface area contributed by atoms with Gasteiger partial charge in [0.05, 0.1) is 25.4 Å². The van der Waals surface area contributed by atoms with Gasteiger partial charge >= 0.3 is 0 Å². The molecule has 0 bridgehead atoms. The summed E-state index contributed by atoms with van der Waals surface area (Å²) in [7, 11) is 0. The van der Waals surface area contributed by atoms with E-state index in [2.05, 4.69) is 11.8 Å². The van der Waals surface area contributed by atoms with Crippen molar-refractivity contribution in [2.24, 2.45) is 0 Å². The summed E-state index contributed by atoms with van der Waals surface area (Å²) < 4.78 is 19.2. The fraction of sp³-hybridized carbons (Fsp3) is 0.222. The summed E-state index contributed by atoms with van der Waals surface area (Å²) in [5.41, 5.74) is 2.31. The molecule has 0 atom stereocenters. The molecular formula is C18H17FO2. The predicted octanol–water partition coefficient (Wildman–Crippen LogP) is 3.28. The Bertz CT molecular complexity index is 627. The minimum absolute atomic E-state index is 0.0193. The second kappa shape index (κ2) is 8.21. The van der Waals surface area contributed by atoms with Crippen molar-refractivity contribution in [3.8, 4) is 11.8 Å². The monoisotopic (exact) mass is 284 g/mol. The van der Waals surface area contributed by atoms with E-state index in [1.54, 1.807) is 12.1 Å². The van der Waals surface area contributed by atoms with E-state index in [1.165, 1.54) is 6.07 Å². The number of aliphatic hydroxyl groups excluding tert-OH is 1. The summed E-state index contributed by atoms with van der Waals surface area (Å²) >= 11 is 0. The van der Waals surface area contributed by atoms with E-state index in [0.29, 0.717) is 25.2 Å². The normalized spacial score (nSPS) is 10.0. The van der Waals surface area contributed by atoms with Crippen molar-refractivity contribution in [1.82, 2.24) is 0 Å². The summed E-state index contributed by atoms with van der Waals surface area (Å²) in [5, 5.41) is 8.68. The van der Waals surface area contributed by atoms with Crippen molar-refractivity contribution >= 4 is 0 Å². The van der Waals surface area contributed by atoms with Crippen molar-refractivity contribution in [2.45, 2.75) is 19.6 Å². The summed E-state index contributed by atoms with van der Waals surface area (Å²) in [6.45, 7) is 0.905. The van der Waals surface area contributed by atoms with E-state index in [1.807, 2.05) is 30.3 Å². The molecule has 0 amide bonds. The molecule has 1 N–H and O–H groups in total. The van der Waals surface area contributed by atoms with Crippen LogP contribution < -0.4 is 0 Å². The van der Waals surface area contributed by atoms with Crippen LogP contribution in [0, 0.1) is 17.7 Å². The number of hydrogen-bond donors (Lipinski definition) is 1. The average Bonchev–Trinajstić information content (AvgIpc) is 2.51. The molecule has 2 nitrogen and oxygen atoms in total. The Balaban J connectivity index is 1.95. The number of halogens is 1.